The Labute approximate surface area is 227 Å². The molecule has 1 amide bonds. The van der Waals surface area contributed by atoms with E-state index in [-0.39, 0.29) is 11.7 Å². The quantitative estimate of drug-likeness (QED) is 0.188. The molecule has 10 heteroatoms. The van der Waals surface area contributed by atoms with Crippen molar-refractivity contribution in [3.05, 3.63) is 66.1 Å². The lowest BCUT2D eigenvalue weighted by Crippen LogP contribution is -2.11. The predicted molar refractivity (Wildman–Crippen MR) is 154 cm³/mol. The third-order valence-corrected chi connectivity index (χ3v) is 7.75. The first kappa shape index (κ1) is 24.6. The fourth-order valence-corrected chi connectivity index (χ4v) is 5.47. The van der Waals surface area contributed by atoms with Gasteiger partial charge in [-0.25, -0.2) is 4.98 Å². The second-order valence-corrected chi connectivity index (χ2v) is 10.4. The number of Topliss-reactive ketones (excluding diaryl/α,β-unsaturated/α-hetero) is 1. The zero-order valence-electron chi connectivity index (χ0n) is 21.4. The monoisotopic (exact) mass is 535 g/mol. The van der Waals surface area contributed by atoms with E-state index in [0.717, 1.165) is 67.0 Å². The zero-order chi connectivity index (χ0) is 26.9. The summed E-state index contributed by atoms with van der Waals surface area (Å²) in [6.07, 6.45) is 9.16. The van der Waals surface area contributed by atoms with E-state index in [2.05, 4.69) is 42.4 Å². The molecule has 6 heterocycles. The van der Waals surface area contributed by atoms with Crippen molar-refractivity contribution in [2.24, 2.45) is 0 Å². The first-order chi connectivity index (χ1) is 19.0. The molecule has 9 nitrogen and oxygen atoms in total. The van der Waals surface area contributed by atoms with E-state index in [1.807, 2.05) is 36.4 Å². The number of hydrogen-bond acceptors (Lipinski definition) is 7. The highest BCUT2D eigenvalue weighted by molar-refractivity contribution is 7.17. The Kier molecular flexibility index (Phi) is 6.45. The van der Waals surface area contributed by atoms with E-state index in [0.29, 0.717) is 17.8 Å². The molecule has 0 atom stereocenters. The van der Waals surface area contributed by atoms with Crippen LogP contribution in [0.15, 0.2) is 61.2 Å². The summed E-state index contributed by atoms with van der Waals surface area (Å²) < 4.78 is 0. The standard InChI is InChI=1S/C29H25N7O2S/c1-3-4-5-27(38)33-18-10-17(13-30-14-18)22-12-21-24(15-32-22)35-36-28(21)23-11-20-19(8-9-31-29(20)34-23)26-7-6-25(39-26)16(2)37/h6-15H,3-5H2,1-2H3,(H,31,34)(H,33,38)(H,35,36). The van der Waals surface area contributed by atoms with Crippen molar-refractivity contribution >= 4 is 50.7 Å². The van der Waals surface area contributed by atoms with Crippen LogP contribution >= 0.6 is 11.3 Å². The molecule has 0 unspecified atom stereocenters. The Morgan fingerprint density at radius 2 is 1.92 bits per heavy atom. The van der Waals surface area contributed by atoms with E-state index in [4.69, 9.17) is 0 Å². The van der Waals surface area contributed by atoms with Gasteiger partial charge in [-0.05, 0) is 49.7 Å². The van der Waals surface area contributed by atoms with Gasteiger partial charge in [0.25, 0.3) is 0 Å². The minimum atomic E-state index is -0.0248. The van der Waals surface area contributed by atoms with Crippen LogP contribution in [-0.4, -0.2) is 41.8 Å². The van der Waals surface area contributed by atoms with Crippen LogP contribution in [0.25, 0.3) is 55.0 Å². The first-order valence-electron chi connectivity index (χ1n) is 12.7. The zero-order valence-corrected chi connectivity index (χ0v) is 22.2. The molecule has 6 aromatic heterocycles. The van der Waals surface area contributed by atoms with Gasteiger partial charge < -0.3 is 10.3 Å². The lowest BCUT2D eigenvalue weighted by Gasteiger charge is -2.07. The lowest BCUT2D eigenvalue weighted by molar-refractivity contribution is -0.116. The summed E-state index contributed by atoms with van der Waals surface area (Å²) >= 11 is 1.47. The third-order valence-electron chi connectivity index (χ3n) is 6.53. The summed E-state index contributed by atoms with van der Waals surface area (Å²) in [7, 11) is 0. The fourth-order valence-electron chi connectivity index (χ4n) is 4.53. The smallest absolute Gasteiger partial charge is 0.224 e. The highest BCUT2D eigenvalue weighted by atomic mass is 32.1. The summed E-state index contributed by atoms with van der Waals surface area (Å²) in [4.78, 5) is 42.6. The molecule has 39 heavy (non-hydrogen) atoms. The van der Waals surface area contributed by atoms with Gasteiger partial charge in [0.2, 0.25) is 5.91 Å². The number of amides is 1. The minimum absolute atomic E-state index is 0.0248. The lowest BCUT2D eigenvalue weighted by atomic mass is 10.1. The van der Waals surface area contributed by atoms with Gasteiger partial charge in [0, 0.05) is 45.6 Å². The van der Waals surface area contributed by atoms with Crippen LogP contribution in [0.4, 0.5) is 5.69 Å². The summed E-state index contributed by atoms with van der Waals surface area (Å²) in [5.74, 6) is 0.0292. The van der Waals surface area contributed by atoms with Crippen LogP contribution in [0.3, 0.4) is 0 Å². The van der Waals surface area contributed by atoms with Gasteiger partial charge in [0.1, 0.15) is 11.3 Å². The fraction of sp³-hybridized carbons (Fsp3) is 0.172. The number of unbranched alkanes of at least 4 members (excludes halogenated alkanes) is 1. The maximum atomic E-state index is 12.2. The normalized spacial score (nSPS) is 11.3. The van der Waals surface area contributed by atoms with Gasteiger partial charge in [-0.3, -0.25) is 24.7 Å². The van der Waals surface area contributed by atoms with Crippen LogP contribution < -0.4 is 5.32 Å². The second kappa shape index (κ2) is 10.2. The molecule has 0 fully saturated rings. The summed E-state index contributed by atoms with van der Waals surface area (Å²) in [6.45, 7) is 3.63. The Bertz CT molecular complexity index is 1850. The molecule has 0 aliphatic carbocycles. The number of ketones is 1. The molecule has 0 aliphatic rings. The van der Waals surface area contributed by atoms with Gasteiger partial charge in [-0.15, -0.1) is 11.3 Å². The van der Waals surface area contributed by atoms with Crippen molar-refractivity contribution in [1.29, 1.82) is 0 Å². The Balaban J connectivity index is 1.36. The molecular formula is C29H25N7O2S. The number of pyridine rings is 3. The summed E-state index contributed by atoms with van der Waals surface area (Å²) in [5.41, 5.74) is 6.23. The Morgan fingerprint density at radius 1 is 1.03 bits per heavy atom. The van der Waals surface area contributed by atoms with Crippen molar-refractivity contribution in [1.82, 2.24) is 30.1 Å². The summed E-state index contributed by atoms with van der Waals surface area (Å²) in [5, 5.41) is 12.4. The van der Waals surface area contributed by atoms with Gasteiger partial charge in [-0.2, -0.15) is 5.10 Å². The maximum absolute atomic E-state index is 12.2. The third kappa shape index (κ3) is 4.82. The number of aromatic nitrogens is 6. The van der Waals surface area contributed by atoms with Crippen LogP contribution in [0.1, 0.15) is 42.8 Å². The molecule has 0 saturated carbocycles. The van der Waals surface area contributed by atoms with Crippen LogP contribution in [0.2, 0.25) is 0 Å². The van der Waals surface area contributed by atoms with E-state index in [1.54, 1.807) is 31.7 Å². The molecule has 0 bridgehead atoms. The number of fused-ring (bicyclic) bond motifs is 2. The SMILES string of the molecule is CCCCC(=O)Nc1cncc(-c2cc3c(-c4cc5c(-c6ccc(C(C)=O)s6)ccnc5[nH]4)n[nH]c3cn2)c1. The van der Waals surface area contributed by atoms with Crippen molar-refractivity contribution < 1.29 is 9.59 Å². The average molecular weight is 536 g/mol. The number of aromatic amines is 2. The molecular weight excluding hydrogens is 510 g/mol. The maximum Gasteiger partial charge on any atom is 0.224 e. The molecule has 0 aliphatic heterocycles. The molecule has 0 radical (unpaired) electrons. The summed E-state index contributed by atoms with van der Waals surface area (Å²) in [6, 6.07) is 11.7. The van der Waals surface area contributed by atoms with Crippen molar-refractivity contribution in [3.8, 4) is 33.1 Å². The van der Waals surface area contributed by atoms with Gasteiger partial charge in [0.15, 0.2) is 5.78 Å². The largest absolute Gasteiger partial charge is 0.338 e. The molecule has 0 spiro atoms. The van der Waals surface area contributed by atoms with E-state index in [1.165, 1.54) is 11.3 Å². The number of H-pyrrole nitrogens is 2. The number of hydrogen-bond donors (Lipinski definition) is 3. The number of rotatable bonds is 8. The Hall–Kier alpha value is -4.70. The van der Waals surface area contributed by atoms with Gasteiger partial charge >= 0.3 is 0 Å². The van der Waals surface area contributed by atoms with Gasteiger partial charge in [-0.1, -0.05) is 13.3 Å². The highest BCUT2D eigenvalue weighted by Crippen LogP contribution is 2.36. The van der Waals surface area contributed by atoms with Crippen molar-refractivity contribution in [2.45, 2.75) is 33.1 Å². The van der Waals surface area contributed by atoms with Crippen LogP contribution in [0.5, 0.6) is 0 Å². The number of nitrogens with one attached hydrogen (secondary N) is 3. The molecule has 3 N–H and O–H groups in total. The van der Waals surface area contributed by atoms with Crippen LogP contribution in [-0.2, 0) is 4.79 Å². The molecule has 0 aromatic carbocycles. The molecule has 194 valence electrons. The number of thiophene rings is 1. The molecule has 6 rings (SSSR count). The van der Waals surface area contributed by atoms with E-state index in [9.17, 15) is 9.59 Å². The number of carbonyl (C=O) groups is 2. The minimum Gasteiger partial charge on any atom is -0.338 e. The Morgan fingerprint density at radius 3 is 2.74 bits per heavy atom. The number of nitrogens with zero attached hydrogens (tertiary/aromatic N) is 4. The topological polar surface area (TPSA) is 129 Å². The second-order valence-electron chi connectivity index (χ2n) is 9.33. The average Bonchev–Trinajstić information content (AvgIpc) is 3.69. The molecule has 6 aromatic rings. The number of anilines is 1. The number of carbonyl (C=O) groups excluding carboxylic acids is 2. The van der Waals surface area contributed by atoms with Crippen molar-refractivity contribution in [2.75, 3.05) is 5.32 Å². The van der Waals surface area contributed by atoms with E-state index >= 15 is 0 Å². The first-order valence-corrected chi connectivity index (χ1v) is 13.5. The van der Waals surface area contributed by atoms with Gasteiger partial charge in [0.05, 0.1) is 39.9 Å². The van der Waals surface area contributed by atoms with Crippen molar-refractivity contribution in [3.63, 3.8) is 0 Å². The highest BCUT2D eigenvalue weighted by Gasteiger charge is 2.17. The van der Waals surface area contributed by atoms with E-state index < -0.39 is 0 Å². The molecule has 0 saturated heterocycles. The predicted octanol–water partition coefficient (Wildman–Crippen LogP) is 6.62. The van der Waals surface area contributed by atoms with Crippen LogP contribution in [0, 0.1) is 0 Å².